The lowest BCUT2D eigenvalue weighted by Gasteiger charge is -2.29. The summed E-state index contributed by atoms with van der Waals surface area (Å²) in [5.41, 5.74) is 5.15. The highest BCUT2D eigenvalue weighted by molar-refractivity contribution is 9.10. The first-order valence-electron chi connectivity index (χ1n) is 5.86. The van der Waals surface area contributed by atoms with Gasteiger partial charge >= 0.3 is 0 Å². The largest absolute Gasteiger partial charge is 0.395 e. The Labute approximate surface area is 129 Å². The molecule has 0 amide bonds. The highest BCUT2D eigenvalue weighted by Gasteiger charge is 2.33. The van der Waals surface area contributed by atoms with Crippen molar-refractivity contribution in [1.82, 2.24) is 4.31 Å². The SMILES string of the molecule is Nc1c(F)c(S(=O)(=O)N2CCCC(O)C2)cc(Cl)c1Br. The summed E-state index contributed by atoms with van der Waals surface area (Å²) >= 11 is 8.83. The van der Waals surface area contributed by atoms with E-state index in [1.54, 1.807) is 0 Å². The monoisotopic (exact) mass is 386 g/mol. The van der Waals surface area contributed by atoms with Gasteiger partial charge in [-0.1, -0.05) is 11.6 Å². The molecule has 1 atom stereocenters. The average molecular weight is 388 g/mol. The Hall–Kier alpha value is -0.410. The van der Waals surface area contributed by atoms with Crippen LogP contribution in [0.2, 0.25) is 5.02 Å². The van der Waals surface area contributed by atoms with E-state index >= 15 is 0 Å². The second-order valence-electron chi connectivity index (χ2n) is 4.56. The van der Waals surface area contributed by atoms with E-state index in [-0.39, 0.29) is 28.3 Å². The van der Waals surface area contributed by atoms with E-state index in [2.05, 4.69) is 15.9 Å². The molecule has 1 aliphatic heterocycles. The molecule has 1 aliphatic rings. The number of nitrogens with zero attached hydrogens (tertiary/aromatic N) is 1. The molecule has 0 radical (unpaired) electrons. The number of nitrogen functional groups attached to an aromatic ring is 1. The molecule has 0 bridgehead atoms. The van der Waals surface area contributed by atoms with Gasteiger partial charge in [-0.15, -0.1) is 0 Å². The van der Waals surface area contributed by atoms with Crippen molar-refractivity contribution in [1.29, 1.82) is 0 Å². The predicted octanol–water partition coefficient (Wildman–Crippen LogP) is 1.97. The zero-order valence-corrected chi connectivity index (χ0v) is 13.5. The minimum atomic E-state index is -4.07. The third-order valence-corrected chi connectivity index (χ3v) is 6.38. The normalized spacial score (nSPS) is 21.1. The summed E-state index contributed by atoms with van der Waals surface area (Å²) in [6.07, 6.45) is 0.296. The Morgan fingerprint density at radius 2 is 2.20 bits per heavy atom. The molecule has 2 rings (SSSR count). The molecular formula is C11H13BrClFN2O3S. The molecule has 1 unspecified atom stereocenters. The molecule has 1 fully saturated rings. The summed E-state index contributed by atoms with van der Waals surface area (Å²) in [4.78, 5) is -0.572. The molecule has 0 aromatic heterocycles. The first-order chi connectivity index (χ1) is 9.25. The average Bonchev–Trinajstić information content (AvgIpc) is 2.40. The van der Waals surface area contributed by atoms with Gasteiger partial charge in [-0.2, -0.15) is 4.31 Å². The number of anilines is 1. The van der Waals surface area contributed by atoms with E-state index in [4.69, 9.17) is 17.3 Å². The first kappa shape index (κ1) is 16.0. The van der Waals surface area contributed by atoms with Crippen LogP contribution >= 0.6 is 27.5 Å². The molecule has 1 aromatic carbocycles. The van der Waals surface area contributed by atoms with Gasteiger partial charge in [-0.3, -0.25) is 0 Å². The molecule has 3 N–H and O–H groups in total. The number of rotatable bonds is 2. The molecule has 1 aromatic rings. The van der Waals surface area contributed by atoms with Gasteiger partial charge in [0, 0.05) is 13.1 Å². The lowest BCUT2D eigenvalue weighted by molar-refractivity contribution is 0.108. The second-order valence-corrected chi connectivity index (χ2v) is 7.66. The summed E-state index contributed by atoms with van der Waals surface area (Å²) < 4.78 is 40.1. The summed E-state index contributed by atoms with van der Waals surface area (Å²) in [5.74, 6) is -1.04. The number of β-amino-alcohol motifs (C(OH)–C–C–N with tert-alkyl or cyclic N) is 1. The van der Waals surface area contributed by atoms with Crippen LogP contribution in [0.5, 0.6) is 0 Å². The zero-order chi connectivity index (χ0) is 15.1. The van der Waals surface area contributed by atoms with Crippen LogP contribution in [-0.2, 0) is 10.0 Å². The Bertz CT molecular complexity index is 641. The minimum Gasteiger partial charge on any atom is -0.395 e. The summed E-state index contributed by atoms with van der Waals surface area (Å²) in [5, 5.41) is 9.57. The number of benzene rings is 1. The van der Waals surface area contributed by atoms with E-state index in [1.165, 1.54) is 0 Å². The van der Waals surface area contributed by atoms with Crippen molar-refractivity contribution in [3.05, 3.63) is 21.4 Å². The fourth-order valence-electron chi connectivity index (χ4n) is 2.07. The van der Waals surface area contributed by atoms with Gasteiger partial charge in [0.1, 0.15) is 4.90 Å². The number of hydrogen-bond donors (Lipinski definition) is 2. The number of aliphatic hydroxyl groups is 1. The molecule has 0 spiro atoms. The number of nitrogens with two attached hydrogens (primary N) is 1. The smallest absolute Gasteiger partial charge is 0.246 e. The predicted molar refractivity (Wildman–Crippen MR) is 77.5 cm³/mol. The van der Waals surface area contributed by atoms with E-state index in [1.807, 2.05) is 0 Å². The number of piperidine rings is 1. The Morgan fingerprint density at radius 3 is 2.80 bits per heavy atom. The standard InChI is InChI=1S/C11H13BrClFN2O3S/c12-9-7(13)4-8(10(14)11(9)15)20(18,19)16-3-1-2-6(17)5-16/h4,6,17H,1-3,5,15H2. The molecule has 5 nitrogen and oxygen atoms in total. The van der Waals surface area contributed by atoms with Crippen LogP contribution in [0.1, 0.15) is 12.8 Å². The maximum atomic E-state index is 14.1. The summed E-state index contributed by atoms with van der Waals surface area (Å²) in [7, 11) is -4.07. The highest BCUT2D eigenvalue weighted by atomic mass is 79.9. The first-order valence-corrected chi connectivity index (χ1v) is 8.47. The highest BCUT2D eigenvalue weighted by Crippen LogP contribution is 2.36. The Balaban J connectivity index is 2.50. The molecule has 9 heteroatoms. The summed E-state index contributed by atoms with van der Waals surface area (Å²) in [6, 6.07) is 1.02. The van der Waals surface area contributed by atoms with Crippen molar-refractivity contribution in [2.24, 2.45) is 0 Å². The third-order valence-electron chi connectivity index (χ3n) is 3.13. The van der Waals surface area contributed by atoms with Crippen LogP contribution in [0, 0.1) is 5.82 Å². The van der Waals surface area contributed by atoms with Crippen molar-refractivity contribution in [3.8, 4) is 0 Å². The van der Waals surface area contributed by atoms with Gasteiger partial charge in [0.25, 0.3) is 0 Å². The molecule has 0 saturated carbocycles. The van der Waals surface area contributed by atoms with E-state index in [0.29, 0.717) is 12.8 Å². The molecule has 1 saturated heterocycles. The van der Waals surface area contributed by atoms with Crippen molar-refractivity contribution >= 4 is 43.2 Å². The van der Waals surface area contributed by atoms with E-state index in [0.717, 1.165) is 10.4 Å². The van der Waals surface area contributed by atoms with Crippen molar-refractivity contribution in [2.75, 3.05) is 18.8 Å². The van der Waals surface area contributed by atoms with Gasteiger partial charge in [0.05, 0.1) is 21.3 Å². The van der Waals surface area contributed by atoms with E-state index in [9.17, 15) is 17.9 Å². The maximum Gasteiger partial charge on any atom is 0.246 e. The fraction of sp³-hybridized carbons (Fsp3) is 0.455. The molecule has 20 heavy (non-hydrogen) atoms. The van der Waals surface area contributed by atoms with Gasteiger partial charge in [0.15, 0.2) is 5.82 Å². The molecule has 0 aliphatic carbocycles. The zero-order valence-electron chi connectivity index (χ0n) is 10.3. The fourth-order valence-corrected chi connectivity index (χ4v) is 4.25. The van der Waals surface area contributed by atoms with Crippen LogP contribution in [0.4, 0.5) is 10.1 Å². The van der Waals surface area contributed by atoms with Crippen LogP contribution in [0.3, 0.4) is 0 Å². The molecule has 112 valence electrons. The molecule has 1 heterocycles. The van der Waals surface area contributed by atoms with Crippen LogP contribution in [0.15, 0.2) is 15.4 Å². The second kappa shape index (κ2) is 5.76. The van der Waals surface area contributed by atoms with Gasteiger partial charge in [0.2, 0.25) is 10.0 Å². The lowest BCUT2D eigenvalue weighted by atomic mass is 10.1. The van der Waals surface area contributed by atoms with E-state index < -0.39 is 26.8 Å². The van der Waals surface area contributed by atoms with Gasteiger partial charge in [-0.05, 0) is 34.8 Å². The van der Waals surface area contributed by atoms with Crippen LogP contribution < -0.4 is 5.73 Å². The Kier molecular flexibility index (Phi) is 4.60. The number of sulfonamides is 1. The minimum absolute atomic E-state index is 0.0139. The molecular weight excluding hydrogens is 375 g/mol. The number of hydrogen-bond acceptors (Lipinski definition) is 4. The quantitative estimate of drug-likeness (QED) is 0.600. The third kappa shape index (κ3) is 2.80. The maximum absolute atomic E-state index is 14.1. The van der Waals surface area contributed by atoms with Gasteiger partial charge in [-0.25, -0.2) is 12.8 Å². The van der Waals surface area contributed by atoms with Crippen molar-refractivity contribution in [2.45, 2.75) is 23.8 Å². The van der Waals surface area contributed by atoms with Gasteiger partial charge < -0.3 is 10.8 Å². The Morgan fingerprint density at radius 1 is 1.55 bits per heavy atom. The summed E-state index contributed by atoms with van der Waals surface area (Å²) in [6.45, 7) is 0.168. The number of halogens is 3. The van der Waals surface area contributed by atoms with Crippen molar-refractivity contribution < 1.29 is 17.9 Å². The van der Waals surface area contributed by atoms with Crippen LogP contribution in [0.25, 0.3) is 0 Å². The number of aliphatic hydroxyl groups excluding tert-OH is 1. The lowest BCUT2D eigenvalue weighted by Crippen LogP contribution is -2.42. The van der Waals surface area contributed by atoms with Crippen LogP contribution in [-0.4, -0.2) is 37.0 Å². The topological polar surface area (TPSA) is 83.6 Å². The van der Waals surface area contributed by atoms with Crippen molar-refractivity contribution in [3.63, 3.8) is 0 Å².